The van der Waals surface area contributed by atoms with E-state index in [0.29, 0.717) is 0 Å². The average Bonchev–Trinajstić information content (AvgIpc) is 3.11. The van der Waals surface area contributed by atoms with Gasteiger partial charge in [-0.25, -0.2) is 4.98 Å². The summed E-state index contributed by atoms with van der Waals surface area (Å²) in [4.78, 5) is 8.57. The summed E-state index contributed by atoms with van der Waals surface area (Å²) >= 11 is 0. The van der Waals surface area contributed by atoms with Gasteiger partial charge in [-0.15, -0.1) is 0 Å². The van der Waals surface area contributed by atoms with E-state index in [1.54, 1.807) is 12.4 Å². The van der Waals surface area contributed by atoms with Gasteiger partial charge in [0.05, 0.1) is 22.9 Å². The van der Waals surface area contributed by atoms with Gasteiger partial charge in [0, 0.05) is 11.6 Å². The third kappa shape index (κ3) is 1.91. The maximum absolute atomic E-state index is 6.08. The van der Waals surface area contributed by atoms with Crippen molar-refractivity contribution < 1.29 is 0 Å². The smallest absolute Gasteiger partial charge is 0.0889 e. The molecule has 0 unspecified atom stereocenters. The Hall–Kier alpha value is -1.48. The van der Waals surface area contributed by atoms with E-state index >= 15 is 0 Å². The molecule has 2 heterocycles. The molecule has 1 fully saturated rings. The molecule has 3 rings (SSSR count). The monoisotopic (exact) mass is 215 g/mol. The zero-order valence-corrected chi connectivity index (χ0v) is 9.77. The van der Waals surface area contributed by atoms with Crippen molar-refractivity contribution in [3.63, 3.8) is 0 Å². The van der Waals surface area contributed by atoms with E-state index in [4.69, 9.17) is 5.73 Å². The van der Waals surface area contributed by atoms with Crippen LogP contribution in [0.2, 0.25) is 0 Å². The van der Waals surface area contributed by atoms with Crippen LogP contribution in [0.5, 0.6) is 0 Å². The number of fused-ring (bicyclic) bond motifs is 1. The Morgan fingerprint density at radius 1 is 1.19 bits per heavy atom. The SMILES string of the molecule is CC.NC1(c2ccc3ccncc3n2)CC1. The van der Waals surface area contributed by atoms with Crippen molar-refractivity contribution in [2.24, 2.45) is 5.73 Å². The number of rotatable bonds is 1. The highest BCUT2D eigenvalue weighted by Crippen LogP contribution is 2.41. The molecule has 0 saturated heterocycles. The zero-order chi connectivity index (χ0) is 11.6. The molecule has 0 aromatic carbocycles. The van der Waals surface area contributed by atoms with Gasteiger partial charge in [-0.3, -0.25) is 4.98 Å². The number of pyridine rings is 2. The lowest BCUT2D eigenvalue weighted by Gasteiger charge is -2.08. The van der Waals surface area contributed by atoms with Crippen LogP contribution in [0.15, 0.2) is 30.6 Å². The minimum atomic E-state index is -0.149. The lowest BCUT2D eigenvalue weighted by Crippen LogP contribution is -2.20. The van der Waals surface area contributed by atoms with Crippen LogP contribution in [0.1, 0.15) is 32.4 Å². The molecular weight excluding hydrogens is 198 g/mol. The Morgan fingerprint density at radius 3 is 2.62 bits per heavy atom. The summed E-state index contributed by atoms with van der Waals surface area (Å²) in [5.41, 5.74) is 7.86. The predicted molar refractivity (Wildman–Crippen MR) is 66.0 cm³/mol. The van der Waals surface area contributed by atoms with Crippen LogP contribution >= 0.6 is 0 Å². The van der Waals surface area contributed by atoms with E-state index in [0.717, 1.165) is 29.4 Å². The molecule has 16 heavy (non-hydrogen) atoms. The van der Waals surface area contributed by atoms with Crippen molar-refractivity contribution in [1.29, 1.82) is 0 Å². The first kappa shape index (κ1) is 11.0. The van der Waals surface area contributed by atoms with Crippen molar-refractivity contribution in [3.05, 3.63) is 36.3 Å². The zero-order valence-electron chi connectivity index (χ0n) is 9.77. The highest BCUT2D eigenvalue weighted by Gasteiger charge is 2.41. The first-order valence-electron chi connectivity index (χ1n) is 5.78. The number of hydrogen-bond acceptors (Lipinski definition) is 3. The van der Waals surface area contributed by atoms with Gasteiger partial charge in [0.2, 0.25) is 0 Å². The fourth-order valence-electron chi connectivity index (χ4n) is 1.64. The quantitative estimate of drug-likeness (QED) is 0.795. The molecule has 1 aliphatic carbocycles. The Kier molecular flexibility index (Phi) is 2.88. The molecule has 1 aliphatic rings. The van der Waals surface area contributed by atoms with E-state index in [1.807, 2.05) is 26.0 Å². The summed E-state index contributed by atoms with van der Waals surface area (Å²) in [6.07, 6.45) is 5.65. The van der Waals surface area contributed by atoms with Crippen LogP contribution in [0.25, 0.3) is 10.9 Å². The fourth-order valence-corrected chi connectivity index (χ4v) is 1.64. The molecule has 84 valence electrons. The lowest BCUT2D eigenvalue weighted by atomic mass is 10.1. The normalized spacial score (nSPS) is 16.4. The minimum absolute atomic E-state index is 0.149. The molecule has 1 saturated carbocycles. The van der Waals surface area contributed by atoms with Crippen LogP contribution in [-0.4, -0.2) is 9.97 Å². The van der Waals surface area contributed by atoms with Crippen molar-refractivity contribution >= 4 is 10.9 Å². The molecule has 0 spiro atoms. The average molecular weight is 215 g/mol. The first-order chi connectivity index (χ1) is 7.78. The maximum Gasteiger partial charge on any atom is 0.0889 e. The molecule has 3 nitrogen and oxygen atoms in total. The van der Waals surface area contributed by atoms with E-state index in [1.165, 1.54) is 0 Å². The van der Waals surface area contributed by atoms with E-state index in [9.17, 15) is 0 Å². The third-order valence-electron chi connectivity index (χ3n) is 2.79. The van der Waals surface area contributed by atoms with Crippen LogP contribution in [0.4, 0.5) is 0 Å². The standard InChI is InChI=1S/C11H11N3.C2H6/c12-11(4-5-11)10-2-1-8-3-6-13-7-9(8)14-10;1-2/h1-3,6-7H,4-5,12H2;1-2H3. The third-order valence-corrected chi connectivity index (χ3v) is 2.79. The predicted octanol–water partition coefficient (Wildman–Crippen LogP) is 2.60. The Morgan fingerprint density at radius 2 is 1.94 bits per heavy atom. The molecule has 0 bridgehead atoms. The largest absolute Gasteiger partial charge is 0.320 e. The van der Waals surface area contributed by atoms with E-state index in [2.05, 4.69) is 16.0 Å². The summed E-state index contributed by atoms with van der Waals surface area (Å²) in [6.45, 7) is 4.00. The van der Waals surface area contributed by atoms with Gasteiger partial charge in [-0.1, -0.05) is 19.9 Å². The van der Waals surface area contributed by atoms with Crippen LogP contribution in [-0.2, 0) is 5.54 Å². The number of nitrogens with zero attached hydrogens (tertiary/aromatic N) is 2. The van der Waals surface area contributed by atoms with Gasteiger partial charge < -0.3 is 5.73 Å². The second kappa shape index (κ2) is 4.18. The van der Waals surface area contributed by atoms with E-state index < -0.39 is 0 Å². The molecule has 2 aromatic rings. The van der Waals surface area contributed by atoms with Gasteiger partial charge in [0.15, 0.2) is 0 Å². The lowest BCUT2D eigenvalue weighted by molar-refractivity contribution is 0.712. The van der Waals surface area contributed by atoms with Crippen molar-refractivity contribution in [2.75, 3.05) is 0 Å². The van der Waals surface area contributed by atoms with Gasteiger partial charge in [0.25, 0.3) is 0 Å². The number of hydrogen-bond donors (Lipinski definition) is 1. The van der Waals surface area contributed by atoms with Crippen molar-refractivity contribution in [3.8, 4) is 0 Å². The van der Waals surface area contributed by atoms with Crippen molar-refractivity contribution in [1.82, 2.24) is 9.97 Å². The molecule has 0 radical (unpaired) electrons. The summed E-state index contributed by atoms with van der Waals surface area (Å²) in [5, 5.41) is 1.12. The highest BCUT2D eigenvalue weighted by molar-refractivity contribution is 5.77. The van der Waals surface area contributed by atoms with Gasteiger partial charge in [-0.05, 0) is 25.0 Å². The molecule has 0 atom stereocenters. The summed E-state index contributed by atoms with van der Waals surface area (Å²) in [6, 6.07) is 6.05. The number of aromatic nitrogens is 2. The second-order valence-corrected chi connectivity index (χ2v) is 3.92. The molecule has 0 amide bonds. The first-order valence-corrected chi connectivity index (χ1v) is 5.78. The molecule has 0 aliphatic heterocycles. The van der Waals surface area contributed by atoms with Gasteiger partial charge in [-0.2, -0.15) is 0 Å². The minimum Gasteiger partial charge on any atom is -0.320 e. The van der Waals surface area contributed by atoms with Crippen LogP contribution < -0.4 is 5.73 Å². The molecule has 2 aromatic heterocycles. The Balaban J connectivity index is 0.000000457. The van der Waals surface area contributed by atoms with Gasteiger partial charge in [0.1, 0.15) is 0 Å². The fraction of sp³-hybridized carbons (Fsp3) is 0.385. The van der Waals surface area contributed by atoms with Crippen LogP contribution in [0, 0.1) is 0 Å². The molecule has 3 heteroatoms. The molecule has 2 N–H and O–H groups in total. The van der Waals surface area contributed by atoms with E-state index in [-0.39, 0.29) is 5.54 Å². The van der Waals surface area contributed by atoms with Crippen molar-refractivity contribution in [2.45, 2.75) is 32.2 Å². The summed E-state index contributed by atoms with van der Waals surface area (Å²) < 4.78 is 0. The summed E-state index contributed by atoms with van der Waals surface area (Å²) in [5.74, 6) is 0. The Labute approximate surface area is 95.7 Å². The van der Waals surface area contributed by atoms with Crippen LogP contribution in [0.3, 0.4) is 0 Å². The number of nitrogens with two attached hydrogens (primary N) is 1. The molecular formula is C13H17N3. The Bertz CT molecular complexity index is 489. The summed E-state index contributed by atoms with van der Waals surface area (Å²) in [7, 11) is 0. The highest BCUT2D eigenvalue weighted by atomic mass is 14.9. The maximum atomic E-state index is 6.08. The van der Waals surface area contributed by atoms with Gasteiger partial charge >= 0.3 is 0 Å². The topological polar surface area (TPSA) is 51.8 Å². The second-order valence-electron chi connectivity index (χ2n) is 3.92.